The van der Waals surface area contributed by atoms with Crippen LogP contribution in [0.25, 0.3) is 0 Å². The number of carbonyl (C=O) groups excluding carboxylic acids is 1. The number of thioether (sulfide) groups is 1. The third-order valence-corrected chi connectivity index (χ3v) is 3.97. The van der Waals surface area contributed by atoms with Crippen molar-refractivity contribution in [3.8, 4) is 5.75 Å². The van der Waals surface area contributed by atoms with E-state index in [1.807, 2.05) is 30.0 Å². The van der Waals surface area contributed by atoms with Gasteiger partial charge in [-0.15, -0.1) is 0 Å². The van der Waals surface area contributed by atoms with E-state index in [4.69, 9.17) is 4.74 Å². The summed E-state index contributed by atoms with van der Waals surface area (Å²) >= 11 is 2.00. The third kappa shape index (κ3) is 4.08. The molecular weight excluding hydrogens is 232 g/mol. The van der Waals surface area contributed by atoms with Gasteiger partial charge in [0.25, 0.3) is 0 Å². The highest BCUT2D eigenvalue weighted by atomic mass is 32.2. The molecule has 0 N–H and O–H groups in total. The van der Waals surface area contributed by atoms with Crippen molar-refractivity contribution in [2.45, 2.75) is 31.8 Å². The first-order valence-electron chi connectivity index (χ1n) is 6.15. The Balaban J connectivity index is 1.92. The number of ether oxygens (including phenoxy) is 1. The summed E-state index contributed by atoms with van der Waals surface area (Å²) in [5, 5.41) is 0. The van der Waals surface area contributed by atoms with Gasteiger partial charge in [-0.25, -0.2) is 0 Å². The largest absolute Gasteiger partial charge is 0.490 e. The summed E-state index contributed by atoms with van der Waals surface area (Å²) in [7, 11) is 0. The van der Waals surface area contributed by atoms with Gasteiger partial charge in [0, 0.05) is 6.42 Å². The van der Waals surface area contributed by atoms with E-state index >= 15 is 0 Å². The molecule has 1 aromatic rings. The minimum Gasteiger partial charge on any atom is -0.490 e. The molecule has 0 spiro atoms. The first-order valence-corrected chi connectivity index (χ1v) is 7.31. The Labute approximate surface area is 107 Å². The number of aldehydes is 1. The van der Waals surface area contributed by atoms with E-state index in [2.05, 4.69) is 6.07 Å². The van der Waals surface area contributed by atoms with Gasteiger partial charge >= 0.3 is 0 Å². The van der Waals surface area contributed by atoms with Gasteiger partial charge in [0.2, 0.25) is 0 Å². The van der Waals surface area contributed by atoms with Gasteiger partial charge in [-0.05, 0) is 48.5 Å². The van der Waals surface area contributed by atoms with Crippen LogP contribution in [-0.2, 0) is 11.2 Å². The predicted octanol–water partition coefficient (Wildman–Crippen LogP) is 3.09. The van der Waals surface area contributed by atoms with Crippen LogP contribution in [0.5, 0.6) is 5.75 Å². The molecule has 0 aromatic heterocycles. The van der Waals surface area contributed by atoms with Gasteiger partial charge in [0.15, 0.2) is 0 Å². The van der Waals surface area contributed by atoms with Crippen molar-refractivity contribution in [3.63, 3.8) is 0 Å². The first kappa shape index (κ1) is 12.5. The summed E-state index contributed by atoms with van der Waals surface area (Å²) in [6.45, 7) is 0. The third-order valence-electron chi connectivity index (χ3n) is 2.92. The lowest BCUT2D eigenvalue weighted by molar-refractivity contribution is -0.107. The van der Waals surface area contributed by atoms with Gasteiger partial charge in [-0.3, -0.25) is 0 Å². The molecular formula is C14H18O2S. The van der Waals surface area contributed by atoms with E-state index in [-0.39, 0.29) is 0 Å². The van der Waals surface area contributed by atoms with Crippen LogP contribution in [0.4, 0.5) is 0 Å². The molecule has 0 amide bonds. The lowest BCUT2D eigenvalue weighted by Gasteiger charge is -2.23. The quantitative estimate of drug-likeness (QED) is 0.751. The van der Waals surface area contributed by atoms with E-state index in [0.29, 0.717) is 12.5 Å². The number of rotatable bonds is 5. The molecule has 1 saturated heterocycles. The van der Waals surface area contributed by atoms with Crippen LogP contribution in [0.2, 0.25) is 0 Å². The molecule has 92 valence electrons. The Hall–Kier alpha value is -0.960. The highest BCUT2D eigenvalue weighted by molar-refractivity contribution is 7.99. The zero-order valence-corrected chi connectivity index (χ0v) is 10.7. The molecule has 3 heteroatoms. The van der Waals surface area contributed by atoms with Gasteiger partial charge < -0.3 is 9.53 Å². The Bertz CT molecular complexity index is 359. The normalized spacial score (nSPS) is 16.7. The number of hydrogen-bond donors (Lipinski definition) is 0. The van der Waals surface area contributed by atoms with Gasteiger partial charge in [-0.2, -0.15) is 11.8 Å². The smallest absolute Gasteiger partial charge is 0.120 e. The Morgan fingerprint density at radius 2 is 2.18 bits per heavy atom. The average Bonchev–Trinajstić information content (AvgIpc) is 2.38. The molecule has 1 heterocycles. The lowest BCUT2D eigenvalue weighted by Crippen LogP contribution is -2.22. The topological polar surface area (TPSA) is 26.3 Å². The Morgan fingerprint density at radius 1 is 1.35 bits per heavy atom. The van der Waals surface area contributed by atoms with E-state index in [1.165, 1.54) is 17.1 Å². The maximum Gasteiger partial charge on any atom is 0.120 e. The average molecular weight is 250 g/mol. The second-order valence-corrected chi connectivity index (χ2v) is 5.51. The highest BCUT2D eigenvalue weighted by Crippen LogP contribution is 2.23. The number of hydrogen-bond acceptors (Lipinski definition) is 3. The fourth-order valence-electron chi connectivity index (χ4n) is 1.99. The minimum atomic E-state index is 0.373. The van der Waals surface area contributed by atoms with E-state index < -0.39 is 0 Å². The summed E-state index contributed by atoms with van der Waals surface area (Å²) in [6.07, 6.45) is 5.01. The summed E-state index contributed by atoms with van der Waals surface area (Å²) in [6, 6.07) is 8.12. The highest BCUT2D eigenvalue weighted by Gasteiger charge is 2.14. The molecule has 0 unspecified atom stereocenters. The zero-order valence-electron chi connectivity index (χ0n) is 9.93. The van der Waals surface area contributed by atoms with Crippen LogP contribution in [0.15, 0.2) is 24.3 Å². The first-order chi connectivity index (χ1) is 8.38. The Kier molecular flexibility index (Phi) is 4.92. The van der Waals surface area contributed by atoms with Crippen molar-refractivity contribution in [2.24, 2.45) is 0 Å². The van der Waals surface area contributed by atoms with Crippen LogP contribution in [0, 0.1) is 0 Å². The monoisotopic (exact) mass is 250 g/mol. The second-order valence-electron chi connectivity index (χ2n) is 4.28. The van der Waals surface area contributed by atoms with Gasteiger partial charge in [0.05, 0.1) is 0 Å². The van der Waals surface area contributed by atoms with E-state index in [0.717, 1.165) is 31.3 Å². The fraction of sp³-hybridized carbons (Fsp3) is 0.500. The summed E-state index contributed by atoms with van der Waals surface area (Å²) in [4.78, 5) is 10.3. The molecule has 0 bridgehead atoms. The summed E-state index contributed by atoms with van der Waals surface area (Å²) in [5.74, 6) is 3.36. The van der Waals surface area contributed by atoms with E-state index in [1.54, 1.807) is 0 Å². The number of carbonyl (C=O) groups is 1. The lowest BCUT2D eigenvalue weighted by atomic mass is 10.1. The van der Waals surface area contributed by atoms with Crippen molar-refractivity contribution in [3.05, 3.63) is 29.8 Å². The van der Waals surface area contributed by atoms with Crippen LogP contribution in [-0.4, -0.2) is 23.9 Å². The molecule has 0 radical (unpaired) electrons. The van der Waals surface area contributed by atoms with Crippen molar-refractivity contribution in [1.82, 2.24) is 0 Å². The number of benzene rings is 1. The summed E-state index contributed by atoms with van der Waals surface area (Å²) in [5.41, 5.74) is 1.18. The molecule has 1 aliphatic rings. The van der Waals surface area contributed by atoms with Crippen LogP contribution in [0.1, 0.15) is 24.8 Å². The molecule has 2 nitrogen and oxygen atoms in total. The Morgan fingerprint density at radius 3 is 2.94 bits per heavy atom. The van der Waals surface area contributed by atoms with Crippen molar-refractivity contribution < 1.29 is 9.53 Å². The standard InChI is InChI=1S/C14H18O2S/c15-8-2-4-12-3-1-5-14(11-12)16-13-6-9-17-10-7-13/h1,3,5,8,11,13H,2,4,6-7,9-10H2. The maximum absolute atomic E-state index is 10.3. The van der Waals surface area contributed by atoms with Crippen molar-refractivity contribution in [2.75, 3.05) is 11.5 Å². The van der Waals surface area contributed by atoms with E-state index in [9.17, 15) is 4.79 Å². The van der Waals surface area contributed by atoms with Crippen LogP contribution in [0.3, 0.4) is 0 Å². The molecule has 0 aliphatic carbocycles. The molecule has 0 saturated carbocycles. The van der Waals surface area contributed by atoms with Gasteiger partial charge in [0.1, 0.15) is 18.1 Å². The van der Waals surface area contributed by atoms with Crippen LogP contribution >= 0.6 is 11.8 Å². The van der Waals surface area contributed by atoms with Crippen molar-refractivity contribution in [1.29, 1.82) is 0 Å². The predicted molar refractivity (Wildman–Crippen MR) is 71.8 cm³/mol. The number of aryl methyl sites for hydroxylation is 1. The summed E-state index contributed by atoms with van der Waals surface area (Å²) < 4.78 is 5.97. The molecule has 1 aromatic carbocycles. The molecule has 0 atom stereocenters. The maximum atomic E-state index is 10.3. The zero-order chi connectivity index (χ0) is 11.9. The van der Waals surface area contributed by atoms with Crippen molar-refractivity contribution >= 4 is 18.0 Å². The molecule has 2 rings (SSSR count). The minimum absolute atomic E-state index is 0.373. The molecule has 17 heavy (non-hydrogen) atoms. The molecule has 1 fully saturated rings. The van der Waals surface area contributed by atoms with Gasteiger partial charge in [-0.1, -0.05) is 12.1 Å². The second kappa shape index (κ2) is 6.70. The molecule has 1 aliphatic heterocycles. The van der Waals surface area contributed by atoms with Crippen LogP contribution < -0.4 is 4.74 Å². The fourth-order valence-corrected chi connectivity index (χ4v) is 3.05. The SMILES string of the molecule is O=CCCc1cccc(OC2CCSCC2)c1.